The van der Waals surface area contributed by atoms with Gasteiger partial charge in [-0.1, -0.05) is 37.6 Å². The predicted molar refractivity (Wildman–Crippen MR) is 55.8 cm³/mol. The first kappa shape index (κ1) is 10.3. The number of aliphatic hydroxyl groups is 1. The van der Waals surface area contributed by atoms with Crippen LogP contribution in [0.5, 0.6) is 0 Å². The molecule has 1 atom stereocenters. The molecule has 1 unspecified atom stereocenters. The third-order valence-electron chi connectivity index (χ3n) is 2.09. The number of aliphatic hydroxyl groups excluding tert-OH is 1. The lowest BCUT2D eigenvalue weighted by Crippen LogP contribution is -2.03. The molecule has 72 valence electrons. The summed E-state index contributed by atoms with van der Waals surface area (Å²) in [4.78, 5) is 0. The van der Waals surface area contributed by atoms with E-state index in [1.165, 1.54) is 17.5 Å². The van der Waals surface area contributed by atoms with Crippen LogP contribution in [-0.4, -0.2) is 11.2 Å². The molecule has 0 bridgehead atoms. The molecule has 0 aliphatic heterocycles. The molecular weight excluding hydrogens is 160 g/mol. The fourth-order valence-electron chi connectivity index (χ4n) is 1.47. The van der Waals surface area contributed by atoms with Gasteiger partial charge < -0.3 is 5.11 Å². The number of rotatable bonds is 4. The Morgan fingerprint density at radius 1 is 1.15 bits per heavy atom. The summed E-state index contributed by atoms with van der Waals surface area (Å²) in [6.07, 6.45) is 2.86. The van der Waals surface area contributed by atoms with E-state index >= 15 is 0 Å². The van der Waals surface area contributed by atoms with E-state index in [2.05, 4.69) is 31.2 Å². The molecule has 0 spiro atoms. The van der Waals surface area contributed by atoms with Crippen LogP contribution in [0.2, 0.25) is 0 Å². The first-order valence-corrected chi connectivity index (χ1v) is 4.98. The van der Waals surface area contributed by atoms with Gasteiger partial charge >= 0.3 is 0 Å². The van der Waals surface area contributed by atoms with E-state index in [0.717, 1.165) is 12.8 Å². The summed E-state index contributed by atoms with van der Waals surface area (Å²) < 4.78 is 0. The number of hydrogen-bond acceptors (Lipinski definition) is 1. The fourth-order valence-corrected chi connectivity index (χ4v) is 1.47. The summed E-state index contributed by atoms with van der Waals surface area (Å²) in [5.41, 5.74) is 2.60. The molecule has 1 N–H and O–H groups in total. The Hall–Kier alpha value is -0.820. The molecule has 13 heavy (non-hydrogen) atoms. The minimum atomic E-state index is -0.239. The van der Waals surface area contributed by atoms with Crippen molar-refractivity contribution in [2.75, 3.05) is 0 Å². The molecule has 0 radical (unpaired) electrons. The monoisotopic (exact) mass is 178 g/mol. The van der Waals surface area contributed by atoms with Crippen molar-refractivity contribution in [1.29, 1.82) is 0 Å². The van der Waals surface area contributed by atoms with Crippen molar-refractivity contribution in [3.63, 3.8) is 0 Å². The summed E-state index contributed by atoms with van der Waals surface area (Å²) in [7, 11) is 0. The molecule has 1 rings (SSSR count). The average Bonchev–Trinajstić information content (AvgIpc) is 2.08. The molecule has 0 saturated carbocycles. The van der Waals surface area contributed by atoms with Gasteiger partial charge in [-0.15, -0.1) is 0 Å². The van der Waals surface area contributed by atoms with E-state index < -0.39 is 0 Å². The molecule has 0 fully saturated rings. The third-order valence-corrected chi connectivity index (χ3v) is 2.09. The van der Waals surface area contributed by atoms with E-state index in [0.29, 0.717) is 0 Å². The molecule has 0 saturated heterocycles. The zero-order chi connectivity index (χ0) is 9.68. The van der Waals surface area contributed by atoms with Crippen molar-refractivity contribution >= 4 is 0 Å². The van der Waals surface area contributed by atoms with Gasteiger partial charge in [-0.2, -0.15) is 0 Å². The maximum absolute atomic E-state index is 9.18. The Morgan fingerprint density at radius 3 is 2.15 bits per heavy atom. The Balaban J connectivity index is 2.59. The van der Waals surface area contributed by atoms with Gasteiger partial charge in [0.25, 0.3) is 0 Å². The van der Waals surface area contributed by atoms with E-state index in [4.69, 9.17) is 0 Å². The smallest absolute Gasteiger partial charge is 0.0552 e. The van der Waals surface area contributed by atoms with Crippen molar-refractivity contribution in [2.45, 2.75) is 39.2 Å². The summed E-state index contributed by atoms with van der Waals surface area (Å²) in [6.45, 7) is 4.00. The Labute approximate surface area is 80.4 Å². The summed E-state index contributed by atoms with van der Waals surface area (Å²) in [6, 6.07) is 8.53. The molecule has 0 aliphatic rings. The van der Waals surface area contributed by atoms with Crippen LogP contribution >= 0.6 is 0 Å². The Morgan fingerprint density at radius 2 is 1.69 bits per heavy atom. The summed E-state index contributed by atoms with van der Waals surface area (Å²) in [5, 5.41) is 9.18. The minimum absolute atomic E-state index is 0.239. The molecule has 0 amide bonds. The van der Waals surface area contributed by atoms with Gasteiger partial charge in [-0.25, -0.2) is 0 Å². The van der Waals surface area contributed by atoms with Gasteiger partial charge in [0.05, 0.1) is 6.10 Å². The van der Waals surface area contributed by atoms with E-state index in [1.807, 2.05) is 6.92 Å². The van der Waals surface area contributed by atoms with Crippen LogP contribution in [0.4, 0.5) is 0 Å². The lowest BCUT2D eigenvalue weighted by Gasteiger charge is -2.05. The second-order valence-corrected chi connectivity index (χ2v) is 3.62. The molecule has 1 aromatic carbocycles. The van der Waals surface area contributed by atoms with Crippen LogP contribution in [0.25, 0.3) is 0 Å². The van der Waals surface area contributed by atoms with Gasteiger partial charge in [-0.3, -0.25) is 0 Å². The molecular formula is C12H18O. The number of hydrogen-bond donors (Lipinski definition) is 1. The average molecular weight is 178 g/mol. The van der Waals surface area contributed by atoms with Gasteiger partial charge in [0, 0.05) is 0 Å². The Kier molecular flexibility index (Phi) is 3.97. The first-order valence-electron chi connectivity index (χ1n) is 4.98. The molecule has 1 aromatic rings. The van der Waals surface area contributed by atoms with Gasteiger partial charge in [0.2, 0.25) is 0 Å². The summed E-state index contributed by atoms with van der Waals surface area (Å²) in [5.74, 6) is 0. The predicted octanol–water partition coefficient (Wildman–Crippen LogP) is 2.56. The highest BCUT2D eigenvalue weighted by Gasteiger charge is 1.98. The van der Waals surface area contributed by atoms with Crippen molar-refractivity contribution in [3.05, 3.63) is 35.4 Å². The van der Waals surface area contributed by atoms with Crippen molar-refractivity contribution in [1.82, 2.24) is 0 Å². The highest BCUT2D eigenvalue weighted by atomic mass is 16.3. The highest BCUT2D eigenvalue weighted by Crippen LogP contribution is 2.08. The lowest BCUT2D eigenvalue weighted by molar-refractivity contribution is 0.195. The second-order valence-electron chi connectivity index (χ2n) is 3.62. The first-order chi connectivity index (χ1) is 6.22. The zero-order valence-corrected chi connectivity index (χ0v) is 8.46. The zero-order valence-electron chi connectivity index (χ0n) is 8.46. The van der Waals surface area contributed by atoms with Crippen molar-refractivity contribution in [2.24, 2.45) is 0 Å². The quantitative estimate of drug-likeness (QED) is 0.751. The van der Waals surface area contributed by atoms with Crippen molar-refractivity contribution < 1.29 is 5.11 Å². The van der Waals surface area contributed by atoms with Gasteiger partial charge in [0.1, 0.15) is 0 Å². The van der Waals surface area contributed by atoms with E-state index in [9.17, 15) is 5.11 Å². The van der Waals surface area contributed by atoms with Crippen LogP contribution in [0.15, 0.2) is 24.3 Å². The molecule has 1 heteroatoms. The van der Waals surface area contributed by atoms with E-state index in [-0.39, 0.29) is 6.10 Å². The molecule has 0 aliphatic carbocycles. The second kappa shape index (κ2) is 5.03. The lowest BCUT2D eigenvalue weighted by atomic mass is 10.0. The van der Waals surface area contributed by atoms with Crippen LogP contribution in [0.1, 0.15) is 31.4 Å². The standard InChI is InChI=1S/C12H18O/c1-3-4-11-5-7-12(8-6-11)9-10(2)13/h5-8,10,13H,3-4,9H2,1-2H3. The largest absolute Gasteiger partial charge is 0.393 e. The molecule has 1 nitrogen and oxygen atoms in total. The number of benzene rings is 1. The SMILES string of the molecule is CCCc1ccc(CC(C)O)cc1. The topological polar surface area (TPSA) is 20.2 Å². The summed E-state index contributed by atoms with van der Waals surface area (Å²) >= 11 is 0. The normalized spacial score (nSPS) is 12.8. The van der Waals surface area contributed by atoms with Crippen LogP contribution in [0, 0.1) is 0 Å². The van der Waals surface area contributed by atoms with E-state index in [1.54, 1.807) is 0 Å². The number of aryl methyl sites for hydroxylation is 1. The molecule has 0 aromatic heterocycles. The van der Waals surface area contributed by atoms with Crippen LogP contribution in [0.3, 0.4) is 0 Å². The highest BCUT2D eigenvalue weighted by molar-refractivity contribution is 5.23. The van der Waals surface area contributed by atoms with Crippen LogP contribution < -0.4 is 0 Å². The fraction of sp³-hybridized carbons (Fsp3) is 0.500. The molecule has 0 heterocycles. The Bertz CT molecular complexity index is 236. The third kappa shape index (κ3) is 3.60. The minimum Gasteiger partial charge on any atom is -0.393 e. The van der Waals surface area contributed by atoms with Gasteiger partial charge in [-0.05, 0) is 30.9 Å². The van der Waals surface area contributed by atoms with Gasteiger partial charge in [0.15, 0.2) is 0 Å². The maximum atomic E-state index is 9.18. The van der Waals surface area contributed by atoms with Crippen molar-refractivity contribution in [3.8, 4) is 0 Å². The van der Waals surface area contributed by atoms with Crippen LogP contribution in [-0.2, 0) is 12.8 Å². The maximum Gasteiger partial charge on any atom is 0.0552 e.